The van der Waals surface area contributed by atoms with Crippen LogP contribution in [0.2, 0.25) is 0 Å². The lowest BCUT2D eigenvalue weighted by Crippen LogP contribution is -2.46. The monoisotopic (exact) mass is 248 g/mol. The molecule has 0 saturated heterocycles. The van der Waals surface area contributed by atoms with Crippen LogP contribution in [0.4, 0.5) is 0 Å². The molecule has 0 amide bonds. The maximum absolute atomic E-state index is 5.45. The number of nitrogens with zero attached hydrogens (tertiary/aromatic N) is 1. The fraction of sp³-hybridized carbons (Fsp3) is 0.500. The zero-order chi connectivity index (χ0) is 12.3. The van der Waals surface area contributed by atoms with Crippen LogP contribution in [0.25, 0.3) is 0 Å². The lowest BCUT2D eigenvalue weighted by molar-refractivity contribution is 0.455. The lowest BCUT2D eigenvalue weighted by Gasteiger charge is -2.28. The van der Waals surface area contributed by atoms with Crippen molar-refractivity contribution < 1.29 is 0 Å². The third-order valence-corrected chi connectivity index (χ3v) is 3.95. The van der Waals surface area contributed by atoms with Gasteiger partial charge < -0.3 is 10.2 Å². The Morgan fingerprint density at radius 2 is 2.00 bits per heavy atom. The molecule has 0 aliphatic heterocycles. The van der Waals surface area contributed by atoms with E-state index in [-0.39, 0.29) is 0 Å². The molecule has 2 bridgehead atoms. The largest absolute Gasteiger partial charge is 0.359 e. The summed E-state index contributed by atoms with van der Waals surface area (Å²) in [6.45, 7) is 9.07. The van der Waals surface area contributed by atoms with Crippen LogP contribution >= 0.6 is 12.2 Å². The standard InChI is InChI=1S/C14H20N2S/c1-3-7-16(8-4-2)14(17)15-13-10-11-5-6-12(13)9-11/h3-6,11-13H,1-2,7-10H2,(H,15,17). The highest BCUT2D eigenvalue weighted by Gasteiger charge is 2.36. The van der Waals surface area contributed by atoms with E-state index in [0.717, 1.165) is 24.1 Å². The molecule has 0 heterocycles. The van der Waals surface area contributed by atoms with Crippen LogP contribution in [0.1, 0.15) is 12.8 Å². The highest BCUT2D eigenvalue weighted by Crippen LogP contribution is 2.38. The van der Waals surface area contributed by atoms with E-state index in [2.05, 4.69) is 35.5 Å². The van der Waals surface area contributed by atoms with E-state index in [4.69, 9.17) is 12.2 Å². The van der Waals surface area contributed by atoms with Crippen LogP contribution in [0, 0.1) is 11.8 Å². The van der Waals surface area contributed by atoms with Crippen LogP contribution in [0.5, 0.6) is 0 Å². The first kappa shape index (κ1) is 12.4. The van der Waals surface area contributed by atoms with E-state index in [1.54, 1.807) is 0 Å². The topological polar surface area (TPSA) is 15.3 Å². The molecule has 2 aliphatic carbocycles. The molecule has 0 aromatic rings. The Hall–Kier alpha value is -1.09. The van der Waals surface area contributed by atoms with Gasteiger partial charge >= 0.3 is 0 Å². The molecule has 17 heavy (non-hydrogen) atoms. The summed E-state index contributed by atoms with van der Waals surface area (Å²) in [5.41, 5.74) is 0. The fourth-order valence-electron chi connectivity index (χ4n) is 2.75. The number of rotatable bonds is 5. The van der Waals surface area contributed by atoms with Crippen molar-refractivity contribution in [3.63, 3.8) is 0 Å². The Bertz CT molecular complexity index is 338. The van der Waals surface area contributed by atoms with E-state index in [1.807, 2.05) is 12.2 Å². The number of nitrogens with one attached hydrogen (secondary N) is 1. The highest BCUT2D eigenvalue weighted by molar-refractivity contribution is 7.80. The molecular weight excluding hydrogens is 228 g/mol. The van der Waals surface area contributed by atoms with Crippen LogP contribution in [-0.4, -0.2) is 29.1 Å². The molecular formula is C14H20N2S. The van der Waals surface area contributed by atoms with Gasteiger partial charge in [-0.15, -0.1) is 13.2 Å². The first-order chi connectivity index (χ1) is 8.24. The minimum Gasteiger partial charge on any atom is -0.359 e. The molecule has 3 heteroatoms. The van der Waals surface area contributed by atoms with Crippen molar-refractivity contribution in [1.82, 2.24) is 10.2 Å². The Morgan fingerprint density at radius 1 is 1.29 bits per heavy atom. The second-order valence-corrected chi connectivity index (χ2v) is 5.21. The van der Waals surface area contributed by atoms with Gasteiger partial charge in [0.25, 0.3) is 0 Å². The molecule has 1 N–H and O–H groups in total. The molecule has 1 saturated carbocycles. The molecule has 1 fully saturated rings. The Labute approximate surface area is 109 Å². The second kappa shape index (κ2) is 5.50. The minimum atomic E-state index is 0.523. The van der Waals surface area contributed by atoms with Crippen LogP contribution < -0.4 is 5.32 Å². The van der Waals surface area contributed by atoms with Gasteiger partial charge in [0.05, 0.1) is 0 Å². The van der Waals surface area contributed by atoms with Crippen molar-refractivity contribution in [2.24, 2.45) is 11.8 Å². The van der Waals surface area contributed by atoms with Gasteiger partial charge in [-0.1, -0.05) is 24.3 Å². The van der Waals surface area contributed by atoms with Gasteiger partial charge in [0.15, 0.2) is 5.11 Å². The first-order valence-corrected chi connectivity index (χ1v) is 6.61. The van der Waals surface area contributed by atoms with Gasteiger partial charge in [-0.2, -0.15) is 0 Å². The summed E-state index contributed by atoms with van der Waals surface area (Å²) >= 11 is 5.45. The predicted molar refractivity (Wildman–Crippen MR) is 76.8 cm³/mol. The average molecular weight is 248 g/mol. The van der Waals surface area contributed by atoms with Crippen molar-refractivity contribution >= 4 is 17.3 Å². The molecule has 0 aromatic heterocycles. The summed E-state index contributed by atoms with van der Waals surface area (Å²) in [7, 11) is 0. The smallest absolute Gasteiger partial charge is 0.169 e. The van der Waals surface area contributed by atoms with Crippen LogP contribution in [0.3, 0.4) is 0 Å². The predicted octanol–water partition coefficient (Wildman–Crippen LogP) is 2.50. The number of fused-ring (bicyclic) bond motifs is 2. The molecule has 0 spiro atoms. The Morgan fingerprint density at radius 3 is 2.47 bits per heavy atom. The van der Waals surface area contributed by atoms with E-state index < -0.39 is 0 Å². The third kappa shape index (κ3) is 2.78. The molecule has 3 atom stereocenters. The van der Waals surface area contributed by atoms with Gasteiger partial charge in [-0.3, -0.25) is 0 Å². The van der Waals surface area contributed by atoms with Gasteiger partial charge in [-0.25, -0.2) is 0 Å². The molecule has 0 radical (unpaired) electrons. The van der Waals surface area contributed by atoms with Crippen molar-refractivity contribution in [2.45, 2.75) is 18.9 Å². The van der Waals surface area contributed by atoms with Crippen molar-refractivity contribution in [2.75, 3.05) is 13.1 Å². The average Bonchev–Trinajstić information content (AvgIpc) is 2.90. The molecule has 2 nitrogen and oxygen atoms in total. The molecule has 2 rings (SSSR count). The van der Waals surface area contributed by atoms with Crippen molar-refractivity contribution in [3.8, 4) is 0 Å². The quantitative estimate of drug-likeness (QED) is 0.594. The number of hydrogen-bond acceptors (Lipinski definition) is 1. The zero-order valence-electron chi connectivity index (χ0n) is 10.1. The third-order valence-electron chi connectivity index (χ3n) is 3.57. The summed E-state index contributed by atoms with van der Waals surface area (Å²) in [6.07, 6.45) is 10.9. The number of allylic oxidation sites excluding steroid dienone is 1. The van der Waals surface area contributed by atoms with E-state index in [9.17, 15) is 0 Å². The van der Waals surface area contributed by atoms with Gasteiger partial charge in [-0.05, 0) is 36.9 Å². The second-order valence-electron chi connectivity index (χ2n) is 4.82. The Balaban J connectivity index is 1.88. The van der Waals surface area contributed by atoms with Crippen molar-refractivity contribution in [1.29, 1.82) is 0 Å². The highest BCUT2D eigenvalue weighted by atomic mass is 32.1. The van der Waals surface area contributed by atoms with Crippen molar-refractivity contribution in [3.05, 3.63) is 37.5 Å². The SMILES string of the molecule is C=CCN(CC=C)C(=S)NC1CC2C=CC1C2. The first-order valence-electron chi connectivity index (χ1n) is 6.20. The molecule has 3 unspecified atom stereocenters. The summed E-state index contributed by atoms with van der Waals surface area (Å²) in [6, 6.07) is 0.523. The van der Waals surface area contributed by atoms with Gasteiger partial charge in [0.2, 0.25) is 0 Å². The lowest BCUT2D eigenvalue weighted by atomic mass is 10.0. The zero-order valence-corrected chi connectivity index (χ0v) is 11.0. The summed E-state index contributed by atoms with van der Waals surface area (Å²) in [5, 5.41) is 4.32. The van der Waals surface area contributed by atoms with Crippen LogP contribution in [0.15, 0.2) is 37.5 Å². The Kier molecular flexibility index (Phi) is 4.00. The normalized spacial score (nSPS) is 29.1. The van der Waals surface area contributed by atoms with Crippen LogP contribution in [-0.2, 0) is 0 Å². The molecule has 2 aliphatic rings. The maximum Gasteiger partial charge on any atom is 0.169 e. The minimum absolute atomic E-state index is 0.523. The molecule has 0 aromatic carbocycles. The molecule has 92 valence electrons. The van der Waals surface area contributed by atoms with E-state index in [0.29, 0.717) is 12.0 Å². The fourth-order valence-corrected chi connectivity index (χ4v) is 3.05. The summed E-state index contributed by atoms with van der Waals surface area (Å²) in [5.74, 6) is 1.44. The number of thiocarbonyl (C=S) groups is 1. The van der Waals surface area contributed by atoms with Gasteiger partial charge in [0, 0.05) is 19.1 Å². The summed E-state index contributed by atoms with van der Waals surface area (Å²) in [4.78, 5) is 2.09. The van der Waals surface area contributed by atoms with Gasteiger partial charge in [0.1, 0.15) is 0 Å². The van der Waals surface area contributed by atoms with E-state index in [1.165, 1.54) is 12.8 Å². The number of hydrogen-bond donors (Lipinski definition) is 1. The van der Waals surface area contributed by atoms with E-state index >= 15 is 0 Å². The maximum atomic E-state index is 5.45. The summed E-state index contributed by atoms with van der Waals surface area (Å²) < 4.78 is 0.